The molecule has 2 heterocycles. The van der Waals surface area contributed by atoms with Gasteiger partial charge in [0.2, 0.25) is 11.7 Å². The van der Waals surface area contributed by atoms with Gasteiger partial charge in [0.05, 0.1) is 27.4 Å². The van der Waals surface area contributed by atoms with E-state index in [4.69, 9.17) is 18.9 Å². The van der Waals surface area contributed by atoms with Crippen LogP contribution in [-0.4, -0.2) is 64.5 Å². The van der Waals surface area contributed by atoms with Gasteiger partial charge in [0, 0.05) is 25.6 Å². The molecule has 2 saturated heterocycles. The van der Waals surface area contributed by atoms with Crippen LogP contribution in [0, 0.1) is 5.92 Å². The van der Waals surface area contributed by atoms with Crippen molar-refractivity contribution in [2.45, 2.75) is 38.3 Å². The van der Waals surface area contributed by atoms with Crippen LogP contribution in [0.3, 0.4) is 0 Å². The van der Waals surface area contributed by atoms with Gasteiger partial charge in [0.1, 0.15) is 0 Å². The highest BCUT2D eigenvalue weighted by atomic mass is 16.5. The number of benzene rings is 1. The van der Waals surface area contributed by atoms with Crippen molar-refractivity contribution in [2.75, 3.05) is 47.6 Å². The summed E-state index contributed by atoms with van der Waals surface area (Å²) in [7, 11) is 4.86. The first-order valence-electron chi connectivity index (χ1n) is 10.0. The molecule has 0 aliphatic carbocycles. The molecule has 1 N–H and O–H groups in total. The van der Waals surface area contributed by atoms with Gasteiger partial charge in [0.25, 0.3) is 0 Å². The maximum atomic E-state index is 12.4. The van der Waals surface area contributed by atoms with Crippen LogP contribution in [0.5, 0.6) is 17.2 Å². The number of piperidine rings is 1. The average Bonchev–Trinajstić information content (AvgIpc) is 3.25. The molecule has 156 valence electrons. The van der Waals surface area contributed by atoms with Crippen LogP contribution in [0.4, 0.5) is 0 Å². The number of ether oxygens (including phenoxy) is 4. The first-order chi connectivity index (χ1) is 13.6. The molecule has 3 rings (SSSR count). The number of rotatable bonds is 8. The van der Waals surface area contributed by atoms with Crippen molar-refractivity contribution >= 4 is 5.91 Å². The van der Waals surface area contributed by atoms with Crippen LogP contribution in [0.2, 0.25) is 0 Å². The summed E-state index contributed by atoms with van der Waals surface area (Å²) in [6.07, 6.45) is 4.10. The third-order valence-corrected chi connectivity index (χ3v) is 5.62. The van der Waals surface area contributed by atoms with Crippen LogP contribution < -0.4 is 19.5 Å². The van der Waals surface area contributed by atoms with Gasteiger partial charge in [-0.3, -0.25) is 9.69 Å². The van der Waals surface area contributed by atoms with Gasteiger partial charge < -0.3 is 24.3 Å². The zero-order valence-electron chi connectivity index (χ0n) is 17.2. The average molecular weight is 392 g/mol. The van der Waals surface area contributed by atoms with Crippen molar-refractivity contribution in [2.24, 2.45) is 5.92 Å². The van der Waals surface area contributed by atoms with E-state index in [9.17, 15) is 4.79 Å². The molecule has 2 fully saturated rings. The molecule has 0 saturated carbocycles. The Kier molecular flexibility index (Phi) is 7.39. The van der Waals surface area contributed by atoms with Crippen molar-refractivity contribution in [3.05, 3.63) is 17.7 Å². The van der Waals surface area contributed by atoms with Gasteiger partial charge in [-0.2, -0.15) is 0 Å². The third-order valence-electron chi connectivity index (χ3n) is 5.62. The quantitative estimate of drug-likeness (QED) is 0.732. The normalized spacial score (nSPS) is 20.8. The van der Waals surface area contributed by atoms with Crippen LogP contribution in [0.15, 0.2) is 12.1 Å². The number of hydrogen-bond acceptors (Lipinski definition) is 6. The van der Waals surface area contributed by atoms with Crippen molar-refractivity contribution in [1.29, 1.82) is 0 Å². The molecule has 7 nitrogen and oxygen atoms in total. The lowest BCUT2D eigenvalue weighted by molar-refractivity contribution is -0.127. The molecular weight excluding hydrogens is 360 g/mol. The Labute approximate surface area is 167 Å². The predicted octanol–water partition coefficient (Wildman–Crippen LogP) is 2.22. The van der Waals surface area contributed by atoms with Crippen LogP contribution in [0.1, 0.15) is 31.2 Å². The monoisotopic (exact) mass is 392 g/mol. The predicted molar refractivity (Wildman–Crippen MR) is 106 cm³/mol. The molecule has 0 bridgehead atoms. The second kappa shape index (κ2) is 9.98. The Hall–Kier alpha value is -1.99. The second-order valence-electron chi connectivity index (χ2n) is 7.46. The van der Waals surface area contributed by atoms with Gasteiger partial charge in [-0.25, -0.2) is 0 Å². The Morgan fingerprint density at radius 1 is 1.11 bits per heavy atom. The smallest absolute Gasteiger partial charge is 0.223 e. The third kappa shape index (κ3) is 5.08. The van der Waals surface area contributed by atoms with Gasteiger partial charge in [0.15, 0.2) is 11.5 Å². The molecule has 0 radical (unpaired) electrons. The van der Waals surface area contributed by atoms with E-state index in [1.807, 2.05) is 12.1 Å². The largest absolute Gasteiger partial charge is 0.493 e. The molecular formula is C21H32N2O5. The summed E-state index contributed by atoms with van der Waals surface area (Å²) in [6.45, 7) is 4.05. The highest BCUT2D eigenvalue weighted by molar-refractivity contribution is 5.78. The second-order valence-corrected chi connectivity index (χ2v) is 7.46. The van der Waals surface area contributed by atoms with E-state index in [1.165, 1.54) is 0 Å². The summed E-state index contributed by atoms with van der Waals surface area (Å²) in [5.41, 5.74) is 1.11. The van der Waals surface area contributed by atoms with E-state index in [0.29, 0.717) is 23.8 Å². The van der Waals surface area contributed by atoms with E-state index in [0.717, 1.165) is 57.5 Å². The molecule has 0 aromatic heterocycles. The molecule has 1 aromatic carbocycles. The van der Waals surface area contributed by atoms with Crippen LogP contribution in [-0.2, 0) is 16.1 Å². The SMILES string of the molecule is COc1cc(CN2CCC(C(=O)NCC3CCCO3)CC2)cc(OC)c1OC. The molecule has 28 heavy (non-hydrogen) atoms. The zero-order chi connectivity index (χ0) is 19.9. The number of carbonyl (C=O) groups is 1. The van der Waals surface area contributed by atoms with Gasteiger partial charge >= 0.3 is 0 Å². The minimum absolute atomic E-state index is 0.0950. The number of nitrogens with one attached hydrogen (secondary N) is 1. The van der Waals surface area contributed by atoms with Crippen LogP contribution in [0.25, 0.3) is 0 Å². The molecule has 1 unspecified atom stereocenters. The first kappa shape index (κ1) is 20.7. The molecule has 1 atom stereocenters. The van der Waals surface area contributed by atoms with E-state index >= 15 is 0 Å². The maximum Gasteiger partial charge on any atom is 0.223 e. The lowest BCUT2D eigenvalue weighted by Crippen LogP contribution is -2.42. The number of carbonyl (C=O) groups excluding carboxylic acids is 1. The highest BCUT2D eigenvalue weighted by Gasteiger charge is 2.26. The summed E-state index contributed by atoms with van der Waals surface area (Å²) in [6, 6.07) is 3.98. The Bertz CT molecular complexity index is 627. The zero-order valence-corrected chi connectivity index (χ0v) is 17.2. The Morgan fingerprint density at radius 3 is 2.32 bits per heavy atom. The van der Waals surface area contributed by atoms with E-state index in [1.54, 1.807) is 21.3 Å². The van der Waals surface area contributed by atoms with Gasteiger partial charge in [-0.15, -0.1) is 0 Å². The lowest BCUT2D eigenvalue weighted by atomic mass is 9.95. The van der Waals surface area contributed by atoms with Crippen molar-refractivity contribution in [1.82, 2.24) is 10.2 Å². The van der Waals surface area contributed by atoms with Crippen molar-refractivity contribution < 1.29 is 23.7 Å². The number of amides is 1. The summed E-state index contributed by atoms with van der Waals surface area (Å²) < 4.78 is 21.8. The summed E-state index contributed by atoms with van der Waals surface area (Å²) >= 11 is 0. The fourth-order valence-electron chi connectivity index (χ4n) is 4.00. The van der Waals surface area contributed by atoms with Crippen LogP contribution >= 0.6 is 0 Å². The molecule has 0 spiro atoms. The summed E-state index contributed by atoms with van der Waals surface area (Å²) in [5.74, 6) is 2.20. The Balaban J connectivity index is 1.50. The first-order valence-corrected chi connectivity index (χ1v) is 10.0. The van der Waals surface area contributed by atoms with E-state index < -0.39 is 0 Å². The maximum absolute atomic E-state index is 12.4. The number of likely N-dealkylation sites (tertiary alicyclic amines) is 1. The standard InChI is InChI=1S/C21H32N2O5/c1-25-18-11-15(12-19(26-2)20(18)27-3)14-23-8-6-16(7-9-23)21(24)22-13-17-5-4-10-28-17/h11-12,16-17H,4-10,13-14H2,1-3H3,(H,22,24). The summed E-state index contributed by atoms with van der Waals surface area (Å²) in [4.78, 5) is 14.8. The minimum atomic E-state index is 0.0950. The number of hydrogen-bond donors (Lipinski definition) is 1. The van der Waals surface area contributed by atoms with Gasteiger partial charge in [-0.1, -0.05) is 0 Å². The summed E-state index contributed by atoms with van der Waals surface area (Å²) in [5, 5.41) is 3.07. The van der Waals surface area contributed by atoms with Crippen molar-refractivity contribution in [3.8, 4) is 17.2 Å². The topological polar surface area (TPSA) is 69.3 Å². The lowest BCUT2D eigenvalue weighted by Gasteiger charge is -2.31. The van der Waals surface area contributed by atoms with E-state index in [2.05, 4.69) is 10.2 Å². The number of methoxy groups -OCH3 is 3. The van der Waals surface area contributed by atoms with Gasteiger partial charge in [-0.05, 0) is 56.5 Å². The van der Waals surface area contributed by atoms with E-state index in [-0.39, 0.29) is 17.9 Å². The molecule has 1 aromatic rings. The molecule has 2 aliphatic rings. The molecule has 1 amide bonds. The molecule has 7 heteroatoms. The number of nitrogens with zero attached hydrogens (tertiary/aromatic N) is 1. The molecule has 2 aliphatic heterocycles. The highest BCUT2D eigenvalue weighted by Crippen LogP contribution is 2.38. The fraction of sp³-hybridized carbons (Fsp3) is 0.667. The Morgan fingerprint density at radius 2 is 1.79 bits per heavy atom. The minimum Gasteiger partial charge on any atom is -0.493 e. The fourth-order valence-corrected chi connectivity index (χ4v) is 4.00. The van der Waals surface area contributed by atoms with Crippen molar-refractivity contribution in [3.63, 3.8) is 0 Å².